The Morgan fingerprint density at radius 3 is 2.81 bits per heavy atom. The molecule has 2 heterocycles. The van der Waals surface area contributed by atoms with Crippen LogP contribution >= 0.6 is 0 Å². The Morgan fingerprint density at radius 2 is 2.19 bits per heavy atom. The third-order valence-electron chi connectivity index (χ3n) is 6.43. The van der Waals surface area contributed by atoms with Gasteiger partial charge in [-0.3, -0.25) is 14.6 Å². The van der Waals surface area contributed by atoms with E-state index in [2.05, 4.69) is 36.4 Å². The SMILES string of the molecule is CCC1(CC)C(NC(=O)c2cc(N3CCNC(=O)C3)ccn2)C(C)C1OC. The van der Waals surface area contributed by atoms with Gasteiger partial charge in [-0.25, -0.2) is 0 Å². The summed E-state index contributed by atoms with van der Waals surface area (Å²) in [5.41, 5.74) is 1.19. The number of carbonyl (C=O) groups excluding carboxylic acids is 2. The Balaban J connectivity index is 1.75. The molecule has 0 aromatic carbocycles. The van der Waals surface area contributed by atoms with Gasteiger partial charge in [0.1, 0.15) is 5.69 Å². The molecule has 2 fully saturated rings. The fraction of sp³-hybridized carbons (Fsp3) is 0.650. The highest BCUT2D eigenvalue weighted by molar-refractivity contribution is 5.93. The number of hydrogen-bond acceptors (Lipinski definition) is 5. The van der Waals surface area contributed by atoms with E-state index < -0.39 is 0 Å². The molecule has 3 rings (SSSR count). The highest BCUT2D eigenvalue weighted by atomic mass is 16.5. The predicted octanol–water partition coefficient (Wildman–Crippen LogP) is 1.59. The summed E-state index contributed by atoms with van der Waals surface area (Å²) < 4.78 is 5.71. The van der Waals surface area contributed by atoms with Crippen LogP contribution in [0.15, 0.2) is 18.3 Å². The minimum Gasteiger partial charge on any atom is -0.380 e. The maximum absolute atomic E-state index is 12.9. The molecule has 2 N–H and O–H groups in total. The Labute approximate surface area is 160 Å². The van der Waals surface area contributed by atoms with Crippen molar-refractivity contribution in [3.63, 3.8) is 0 Å². The van der Waals surface area contributed by atoms with Gasteiger partial charge in [-0.1, -0.05) is 20.8 Å². The van der Waals surface area contributed by atoms with E-state index in [9.17, 15) is 9.59 Å². The lowest BCUT2D eigenvalue weighted by Crippen LogP contribution is -2.70. The van der Waals surface area contributed by atoms with Crippen LogP contribution in [0, 0.1) is 11.3 Å². The first kappa shape index (κ1) is 19.6. The number of piperazine rings is 1. The molecule has 3 unspecified atom stereocenters. The van der Waals surface area contributed by atoms with E-state index in [1.165, 1.54) is 0 Å². The summed E-state index contributed by atoms with van der Waals surface area (Å²) >= 11 is 0. The Kier molecular flexibility index (Phi) is 5.69. The van der Waals surface area contributed by atoms with Crippen molar-refractivity contribution in [2.75, 3.05) is 31.6 Å². The molecule has 7 heteroatoms. The van der Waals surface area contributed by atoms with Crippen molar-refractivity contribution < 1.29 is 14.3 Å². The highest BCUT2D eigenvalue weighted by Crippen LogP contribution is 2.52. The molecule has 7 nitrogen and oxygen atoms in total. The number of ether oxygens (including phenoxy) is 1. The second-order valence-corrected chi connectivity index (χ2v) is 7.58. The van der Waals surface area contributed by atoms with Crippen LogP contribution in [0.25, 0.3) is 0 Å². The van der Waals surface area contributed by atoms with E-state index in [-0.39, 0.29) is 35.3 Å². The molecule has 1 aliphatic carbocycles. The van der Waals surface area contributed by atoms with E-state index in [1.807, 2.05) is 11.0 Å². The van der Waals surface area contributed by atoms with Gasteiger partial charge in [0.05, 0.1) is 12.6 Å². The maximum atomic E-state index is 12.9. The van der Waals surface area contributed by atoms with Crippen molar-refractivity contribution in [3.05, 3.63) is 24.0 Å². The number of anilines is 1. The molecule has 2 amide bonds. The van der Waals surface area contributed by atoms with Crippen molar-refractivity contribution in [2.45, 2.75) is 45.8 Å². The number of carbonyl (C=O) groups is 2. The minimum atomic E-state index is -0.170. The molecule has 0 radical (unpaired) electrons. The molecule has 1 aromatic heterocycles. The van der Waals surface area contributed by atoms with Crippen LogP contribution in [0.2, 0.25) is 0 Å². The van der Waals surface area contributed by atoms with Crippen LogP contribution in [-0.2, 0) is 9.53 Å². The average molecular weight is 374 g/mol. The van der Waals surface area contributed by atoms with Gasteiger partial charge in [-0.2, -0.15) is 0 Å². The zero-order valence-corrected chi connectivity index (χ0v) is 16.6. The Morgan fingerprint density at radius 1 is 1.44 bits per heavy atom. The quantitative estimate of drug-likeness (QED) is 0.790. The normalized spacial score (nSPS) is 26.9. The lowest BCUT2D eigenvalue weighted by atomic mass is 9.53. The summed E-state index contributed by atoms with van der Waals surface area (Å²) in [5.74, 6) is 0.0810. The van der Waals surface area contributed by atoms with Crippen LogP contribution in [0.1, 0.15) is 44.1 Å². The second kappa shape index (κ2) is 7.84. The fourth-order valence-electron chi connectivity index (χ4n) is 4.91. The molecule has 27 heavy (non-hydrogen) atoms. The summed E-state index contributed by atoms with van der Waals surface area (Å²) in [4.78, 5) is 30.7. The van der Waals surface area contributed by atoms with Crippen LogP contribution < -0.4 is 15.5 Å². The number of hydrogen-bond donors (Lipinski definition) is 2. The lowest BCUT2D eigenvalue weighted by Gasteiger charge is -2.59. The molecule has 0 bridgehead atoms. The van der Waals surface area contributed by atoms with Gasteiger partial charge in [-0.05, 0) is 25.0 Å². The zero-order chi connectivity index (χ0) is 19.6. The first-order chi connectivity index (χ1) is 13.0. The van der Waals surface area contributed by atoms with Crippen molar-refractivity contribution in [2.24, 2.45) is 11.3 Å². The summed E-state index contributed by atoms with van der Waals surface area (Å²) in [7, 11) is 1.75. The summed E-state index contributed by atoms with van der Waals surface area (Å²) in [5, 5.41) is 6.01. The number of nitrogens with zero attached hydrogens (tertiary/aromatic N) is 2. The minimum absolute atomic E-state index is 0.00589. The van der Waals surface area contributed by atoms with Crippen molar-refractivity contribution in [1.82, 2.24) is 15.6 Å². The van der Waals surface area contributed by atoms with Gasteiger partial charge in [0, 0.05) is 49.5 Å². The maximum Gasteiger partial charge on any atom is 0.270 e. The van der Waals surface area contributed by atoms with E-state index in [0.717, 1.165) is 25.1 Å². The topological polar surface area (TPSA) is 83.6 Å². The van der Waals surface area contributed by atoms with E-state index >= 15 is 0 Å². The zero-order valence-electron chi connectivity index (χ0n) is 16.6. The predicted molar refractivity (Wildman–Crippen MR) is 104 cm³/mol. The molecule has 1 saturated carbocycles. The van der Waals surface area contributed by atoms with Gasteiger partial charge in [-0.15, -0.1) is 0 Å². The number of methoxy groups -OCH3 is 1. The third-order valence-corrected chi connectivity index (χ3v) is 6.43. The monoisotopic (exact) mass is 374 g/mol. The van der Waals surface area contributed by atoms with Gasteiger partial charge in [0.2, 0.25) is 5.91 Å². The number of pyridine rings is 1. The number of rotatable bonds is 6. The summed E-state index contributed by atoms with van der Waals surface area (Å²) in [6.45, 7) is 8.06. The van der Waals surface area contributed by atoms with E-state index in [0.29, 0.717) is 18.8 Å². The van der Waals surface area contributed by atoms with Gasteiger partial charge in [0.15, 0.2) is 0 Å². The van der Waals surface area contributed by atoms with Crippen LogP contribution in [0.5, 0.6) is 0 Å². The molecule has 2 aliphatic rings. The van der Waals surface area contributed by atoms with E-state index in [1.54, 1.807) is 19.4 Å². The standard InChI is InChI=1S/C20H30N4O3/c1-5-20(6-2)17(13(3)18(20)27-4)23-19(26)15-11-14(7-8-21-15)24-10-9-22-16(25)12-24/h7-8,11,13,17-18H,5-6,9-10,12H2,1-4H3,(H,22,25)(H,23,26). The Bertz CT molecular complexity index is 704. The number of aromatic nitrogens is 1. The van der Waals surface area contributed by atoms with Gasteiger partial charge >= 0.3 is 0 Å². The molecule has 1 saturated heterocycles. The summed E-state index contributed by atoms with van der Waals surface area (Å²) in [6, 6.07) is 3.67. The average Bonchev–Trinajstić information content (AvgIpc) is 2.69. The molecule has 1 aromatic rings. The van der Waals surface area contributed by atoms with E-state index in [4.69, 9.17) is 4.74 Å². The first-order valence-corrected chi connectivity index (χ1v) is 9.78. The Hall–Kier alpha value is -2.15. The van der Waals surface area contributed by atoms with Gasteiger partial charge in [0.25, 0.3) is 5.91 Å². The van der Waals surface area contributed by atoms with Gasteiger partial charge < -0.3 is 20.3 Å². The number of nitrogens with one attached hydrogen (secondary N) is 2. The third kappa shape index (κ3) is 3.40. The van der Waals surface area contributed by atoms with Crippen molar-refractivity contribution >= 4 is 17.5 Å². The smallest absolute Gasteiger partial charge is 0.270 e. The van der Waals surface area contributed by atoms with Crippen LogP contribution in [-0.4, -0.2) is 55.7 Å². The molecule has 1 aliphatic heterocycles. The molecular formula is C20H30N4O3. The van der Waals surface area contributed by atoms with Crippen LogP contribution in [0.3, 0.4) is 0 Å². The number of amides is 2. The highest BCUT2D eigenvalue weighted by Gasteiger charge is 2.58. The first-order valence-electron chi connectivity index (χ1n) is 9.78. The van der Waals surface area contributed by atoms with Crippen LogP contribution in [0.4, 0.5) is 5.69 Å². The largest absolute Gasteiger partial charge is 0.380 e. The fourth-order valence-corrected chi connectivity index (χ4v) is 4.91. The molecule has 3 atom stereocenters. The second-order valence-electron chi connectivity index (χ2n) is 7.58. The van der Waals surface area contributed by atoms with Crippen molar-refractivity contribution in [1.29, 1.82) is 0 Å². The molecule has 148 valence electrons. The summed E-state index contributed by atoms with van der Waals surface area (Å²) in [6.07, 6.45) is 3.69. The molecule has 0 spiro atoms. The molecular weight excluding hydrogens is 344 g/mol. The lowest BCUT2D eigenvalue weighted by molar-refractivity contribution is -0.164. The van der Waals surface area contributed by atoms with Crippen molar-refractivity contribution in [3.8, 4) is 0 Å².